The molecule has 34 heavy (non-hydrogen) atoms. The molecule has 2 N–H and O–H groups in total. The number of rotatable bonds is 16. The molecule has 0 radical (unpaired) electrons. The summed E-state index contributed by atoms with van der Waals surface area (Å²) in [7, 11) is 2.81. The Balaban J connectivity index is 2.63. The number of esters is 2. The van der Waals surface area contributed by atoms with E-state index in [0.717, 1.165) is 4.57 Å². The number of allylic oxidation sites excluding steroid dienone is 1. The number of aliphatic hydroxyl groups is 2. The molecule has 1 heterocycles. The van der Waals surface area contributed by atoms with Crippen LogP contribution in [0.15, 0.2) is 27.0 Å². The van der Waals surface area contributed by atoms with E-state index in [4.69, 9.17) is 9.47 Å². The van der Waals surface area contributed by atoms with E-state index in [0.29, 0.717) is 27.2 Å². The zero-order chi connectivity index (χ0) is 25.7. The quantitative estimate of drug-likeness (QED) is 0.123. The molecule has 14 heteroatoms. The van der Waals surface area contributed by atoms with Gasteiger partial charge in [-0.15, -0.1) is 6.58 Å². The molecular formula is C20H31N3O9S2. The lowest BCUT2D eigenvalue weighted by Crippen LogP contribution is -2.56. The lowest BCUT2D eigenvalue weighted by Gasteiger charge is -2.16. The van der Waals surface area contributed by atoms with Gasteiger partial charge in [-0.3, -0.25) is 9.59 Å². The first kappa shape index (κ1) is 29.7. The zero-order valence-corrected chi connectivity index (χ0v) is 20.8. The van der Waals surface area contributed by atoms with E-state index >= 15 is 0 Å². The van der Waals surface area contributed by atoms with E-state index in [1.54, 1.807) is 6.92 Å². The number of ether oxygens (including phenoxy) is 2. The molecular weight excluding hydrogens is 490 g/mol. The number of aromatic nitrogens is 3. The Morgan fingerprint density at radius 3 is 1.94 bits per heavy atom. The Bertz CT molecular complexity index is 1000. The van der Waals surface area contributed by atoms with Crippen LogP contribution in [0.1, 0.15) is 26.7 Å². The van der Waals surface area contributed by atoms with Crippen LogP contribution >= 0.6 is 21.6 Å². The highest BCUT2D eigenvalue weighted by Gasteiger charge is 2.19. The average molecular weight is 522 g/mol. The predicted molar refractivity (Wildman–Crippen MR) is 129 cm³/mol. The second-order valence-electron chi connectivity index (χ2n) is 7.10. The number of nitrogens with zero attached hydrogens (tertiary/aromatic N) is 3. The van der Waals surface area contributed by atoms with Gasteiger partial charge in [-0.25, -0.2) is 28.1 Å². The number of carbonyl (C=O) groups excluding carboxylic acids is 2. The van der Waals surface area contributed by atoms with Gasteiger partial charge in [0, 0.05) is 11.5 Å². The zero-order valence-electron chi connectivity index (χ0n) is 19.2. The van der Waals surface area contributed by atoms with Gasteiger partial charge in [0.05, 0.1) is 45.2 Å². The standard InChI is InChI=1S/C20H31N3O9S2/c1-4-8-21-18(28)22(11-14(3)24)20(30)23(19(21)29)12-15(25)13-32-17(27)7-10-34-33-9-6-16(26)31-5-2/h4,14-15,24-25H,1,5-13H2,2-3H3. The minimum atomic E-state index is -1.38. The Kier molecular flexibility index (Phi) is 13.6. The molecule has 0 aliphatic heterocycles. The van der Waals surface area contributed by atoms with Crippen LogP contribution < -0.4 is 17.1 Å². The predicted octanol–water partition coefficient (Wildman–Crippen LogP) is -0.633. The van der Waals surface area contributed by atoms with Crippen molar-refractivity contribution < 1.29 is 29.3 Å². The van der Waals surface area contributed by atoms with E-state index in [2.05, 4.69) is 6.58 Å². The fraction of sp³-hybridized carbons (Fsp3) is 0.650. The molecule has 0 spiro atoms. The second-order valence-corrected chi connectivity index (χ2v) is 9.81. The number of hydrogen-bond donors (Lipinski definition) is 2. The highest BCUT2D eigenvalue weighted by atomic mass is 33.1. The first-order valence-electron chi connectivity index (χ1n) is 10.6. The van der Waals surface area contributed by atoms with Gasteiger partial charge >= 0.3 is 29.0 Å². The molecule has 192 valence electrons. The summed E-state index contributed by atoms with van der Waals surface area (Å²) in [5.74, 6) is 0.124. The van der Waals surface area contributed by atoms with Crippen LogP contribution in [0.3, 0.4) is 0 Å². The van der Waals surface area contributed by atoms with Crippen molar-refractivity contribution in [1.82, 2.24) is 13.7 Å². The van der Waals surface area contributed by atoms with Crippen molar-refractivity contribution >= 4 is 33.5 Å². The lowest BCUT2D eigenvalue weighted by molar-refractivity contribution is -0.146. The summed E-state index contributed by atoms with van der Waals surface area (Å²) >= 11 is 0. The number of aliphatic hydroxyl groups excluding tert-OH is 2. The summed E-state index contributed by atoms with van der Waals surface area (Å²) in [6.07, 6.45) is -0.762. The third-order valence-corrected chi connectivity index (χ3v) is 6.55. The summed E-state index contributed by atoms with van der Waals surface area (Å²) in [4.78, 5) is 60.7. The van der Waals surface area contributed by atoms with Crippen LogP contribution in [0.25, 0.3) is 0 Å². The molecule has 1 rings (SSSR count). The van der Waals surface area contributed by atoms with Crippen molar-refractivity contribution in [2.45, 2.75) is 58.5 Å². The van der Waals surface area contributed by atoms with Crippen molar-refractivity contribution in [2.75, 3.05) is 24.7 Å². The maximum absolute atomic E-state index is 12.6. The summed E-state index contributed by atoms with van der Waals surface area (Å²) in [6, 6.07) is 0. The van der Waals surface area contributed by atoms with Gasteiger partial charge in [0.1, 0.15) is 12.7 Å². The van der Waals surface area contributed by atoms with Crippen molar-refractivity contribution in [3.8, 4) is 0 Å². The molecule has 0 aliphatic carbocycles. The van der Waals surface area contributed by atoms with Crippen LogP contribution in [0.5, 0.6) is 0 Å². The van der Waals surface area contributed by atoms with Gasteiger partial charge in [0.25, 0.3) is 0 Å². The fourth-order valence-corrected chi connectivity index (χ4v) is 4.61. The highest BCUT2D eigenvalue weighted by molar-refractivity contribution is 8.76. The first-order valence-corrected chi connectivity index (χ1v) is 13.1. The van der Waals surface area contributed by atoms with Crippen molar-refractivity contribution in [3.63, 3.8) is 0 Å². The first-order chi connectivity index (χ1) is 16.1. The third-order valence-electron chi connectivity index (χ3n) is 4.14. The Morgan fingerprint density at radius 1 is 0.941 bits per heavy atom. The van der Waals surface area contributed by atoms with Gasteiger partial charge < -0.3 is 19.7 Å². The lowest BCUT2D eigenvalue weighted by atomic mass is 10.3. The number of hydrogen-bond acceptors (Lipinski definition) is 11. The molecule has 12 nitrogen and oxygen atoms in total. The van der Waals surface area contributed by atoms with Gasteiger partial charge in [-0.1, -0.05) is 27.7 Å². The molecule has 1 aromatic rings. The molecule has 0 saturated carbocycles. The van der Waals surface area contributed by atoms with E-state index < -0.39 is 48.4 Å². The monoisotopic (exact) mass is 521 g/mol. The van der Waals surface area contributed by atoms with Crippen LogP contribution in [0, 0.1) is 0 Å². The number of carbonyl (C=O) groups is 2. The molecule has 0 saturated heterocycles. The van der Waals surface area contributed by atoms with Gasteiger partial charge in [0.2, 0.25) is 0 Å². The van der Waals surface area contributed by atoms with Gasteiger partial charge in [0.15, 0.2) is 0 Å². The Labute approximate surface area is 204 Å². The smallest absolute Gasteiger partial charge is 0.336 e. The van der Waals surface area contributed by atoms with Crippen LogP contribution in [0.4, 0.5) is 0 Å². The molecule has 0 bridgehead atoms. The molecule has 0 aliphatic rings. The summed E-state index contributed by atoms with van der Waals surface area (Å²) < 4.78 is 11.9. The van der Waals surface area contributed by atoms with Crippen LogP contribution in [0.2, 0.25) is 0 Å². The molecule has 0 fully saturated rings. The minimum absolute atomic E-state index is 0.0646. The van der Waals surface area contributed by atoms with E-state index in [9.17, 15) is 34.2 Å². The molecule has 2 atom stereocenters. The third kappa shape index (κ3) is 9.91. The van der Waals surface area contributed by atoms with Gasteiger partial charge in [-0.2, -0.15) is 0 Å². The van der Waals surface area contributed by atoms with Gasteiger partial charge in [-0.05, 0) is 13.8 Å². The maximum atomic E-state index is 12.6. The summed E-state index contributed by atoms with van der Waals surface area (Å²) in [5, 5.41) is 19.8. The van der Waals surface area contributed by atoms with E-state index in [-0.39, 0.29) is 31.9 Å². The highest BCUT2D eigenvalue weighted by Crippen LogP contribution is 2.22. The normalized spacial score (nSPS) is 12.7. The molecule has 1 aromatic heterocycles. The topological polar surface area (TPSA) is 159 Å². The average Bonchev–Trinajstić information content (AvgIpc) is 2.78. The van der Waals surface area contributed by atoms with Crippen molar-refractivity contribution in [1.29, 1.82) is 0 Å². The van der Waals surface area contributed by atoms with Crippen molar-refractivity contribution in [2.24, 2.45) is 0 Å². The second kappa shape index (κ2) is 15.6. The van der Waals surface area contributed by atoms with Crippen LogP contribution in [-0.4, -0.2) is 72.8 Å². The fourth-order valence-electron chi connectivity index (χ4n) is 2.67. The largest absolute Gasteiger partial charge is 0.466 e. The summed E-state index contributed by atoms with van der Waals surface area (Å²) in [6.45, 7) is 5.44. The minimum Gasteiger partial charge on any atom is -0.466 e. The van der Waals surface area contributed by atoms with E-state index in [1.807, 2.05) is 0 Å². The van der Waals surface area contributed by atoms with Crippen LogP contribution in [-0.2, 0) is 38.7 Å². The Morgan fingerprint density at radius 2 is 1.44 bits per heavy atom. The molecule has 0 amide bonds. The molecule has 0 aromatic carbocycles. The Hall–Kier alpha value is -2.29. The van der Waals surface area contributed by atoms with Crippen molar-refractivity contribution in [3.05, 3.63) is 44.1 Å². The maximum Gasteiger partial charge on any atom is 0.336 e. The SMILES string of the molecule is C=CCn1c(=O)n(CC(C)O)c(=O)n(CC(O)COC(=O)CCSSCCC(=O)OCC)c1=O. The molecule has 2 unspecified atom stereocenters. The summed E-state index contributed by atoms with van der Waals surface area (Å²) in [5.41, 5.74) is -2.83. The van der Waals surface area contributed by atoms with E-state index in [1.165, 1.54) is 34.6 Å².